The average molecular weight is 334 g/mol. The zero-order valence-electron chi connectivity index (χ0n) is 14.0. The second kappa shape index (κ2) is 7.00. The first-order valence-electron chi connectivity index (χ1n) is 7.80. The maximum absolute atomic E-state index is 12.0. The monoisotopic (exact) mass is 334 g/mol. The van der Waals surface area contributed by atoms with Crippen LogP contribution in [0.2, 0.25) is 0 Å². The van der Waals surface area contributed by atoms with Crippen molar-refractivity contribution >= 4 is 12.1 Å². The predicted molar refractivity (Wildman–Crippen MR) is 96.2 cm³/mol. The Morgan fingerprint density at radius 3 is 2.48 bits per heavy atom. The number of benzene rings is 2. The Bertz CT molecular complexity index is 913. The minimum Gasteiger partial charge on any atom is -0.508 e. The molecule has 2 aromatic carbocycles. The number of para-hydroxylation sites is 1. The second-order valence-electron chi connectivity index (χ2n) is 5.58. The molecule has 0 bridgehead atoms. The molecule has 0 saturated carbocycles. The van der Waals surface area contributed by atoms with E-state index in [0.29, 0.717) is 5.56 Å². The fourth-order valence-corrected chi connectivity index (χ4v) is 2.49. The Kier molecular flexibility index (Phi) is 4.61. The van der Waals surface area contributed by atoms with E-state index in [1.807, 2.05) is 48.9 Å². The van der Waals surface area contributed by atoms with E-state index in [0.717, 1.165) is 22.6 Å². The number of hydrazone groups is 1. The van der Waals surface area contributed by atoms with Crippen molar-refractivity contribution < 1.29 is 9.90 Å². The van der Waals surface area contributed by atoms with Crippen molar-refractivity contribution in [3.8, 4) is 11.4 Å². The summed E-state index contributed by atoms with van der Waals surface area (Å²) in [6, 6.07) is 15.8. The number of phenolic OH excluding ortho intramolecular Hbond substituents is 1. The van der Waals surface area contributed by atoms with Gasteiger partial charge >= 0.3 is 0 Å². The highest BCUT2D eigenvalue weighted by Crippen LogP contribution is 2.16. The molecule has 0 aliphatic rings. The highest BCUT2D eigenvalue weighted by atomic mass is 16.3. The zero-order chi connectivity index (χ0) is 17.8. The van der Waals surface area contributed by atoms with Gasteiger partial charge in [-0.05, 0) is 50.2 Å². The normalized spacial score (nSPS) is 11.0. The van der Waals surface area contributed by atoms with Crippen molar-refractivity contribution in [3.05, 3.63) is 77.1 Å². The van der Waals surface area contributed by atoms with Crippen LogP contribution in [0.3, 0.4) is 0 Å². The van der Waals surface area contributed by atoms with Crippen molar-refractivity contribution in [2.75, 3.05) is 0 Å². The topological polar surface area (TPSA) is 79.5 Å². The summed E-state index contributed by atoms with van der Waals surface area (Å²) in [4.78, 5) is 12.0. The third kappa shape index (κ3) is 3.58. The van der Waals surface area contributed by atoms with Crippen molar-refractivity contribution in [2.45, 2.75) is 13.8 Å². The van der Waals surface area contributed by atoms with Gasteiger partial charge in [0.15, 0.2) is 0 Å². The largest absolute Gasteiger partial charge is 0.508 e. The fraction of sp³-hybridized carbons (Fsp3) is 0.105. The number of amides is 1. The molecule has 25 heavy (non-hydrogen) atoms. The third-order valence-corrected chi connectivity index (χ3v) is 3.84. The maximum atomic E-state index is 12.0. The number of rotatable bonds is 4. The number of carbonyl (C=O) groups is 1. The number of nitrogens with one attached hydrogen (secondary N) is 1. The molecule has 2 N–H and O–H groups in total. The number of carbonyl (C=O) groups excluding carboxylic acids is 1. The van der Waals surface area contributed by atoms with Gasteiger partial charge in [0, 0.05) is 11.1 Å². The number of aromatic hydroxyl groups is 1. The first kappa shape index (κ1) is 16.4. The predicted octanol–water partition coefficient (Wildman–Crippen LogP) is 2.96. The van der Waals surface area contributed by atoms with Gasteiger partial charge in [0.25, 0.3) is 5.91 Å². The second-order valence-corrected chi connectivity index (χ2v) is 5.58. The summed E-state index contributed by atoms with van der Waals surface area (Å²) in [7, 11) is 0. The van der Waals surface area contributed by atoms with Crippen molar-refractivity contribution in [1.29, 1.82) is 0 Å². The maximum Gasteiger partial charge on any atom is 0.271 e. The summed E-state index contributed by atoms with van der Waals surface area (Å²) >= 11 is 0. The van der Waals surface area contributed by atoms with E-state index >= 15 is 0 Å². The molecule has 3 aromatic rings. The van der Waals surface area contributed by atoms with Gasteiger partial charge in [0.05, 0.1) is 23.3 Å². The first-order chi connectivity index (χ1) is 12.1. The van der Waals surface area contributed by atoms with Crippen LogP contribution in [0.5, 0.6) is 5.75 Å². The number of phenols is 1. The summed E-state index contributed by atoms with van der Waals surface area (Å²) in [5, 5.41) is 17.8. The smallest absolute Gasteiger partial charge is 0.271 e. The van der Waals surface area contributed by atoms with E-state index in [9.17, 15) is 9.90 Å². The highest BCUT2D eigenvalue weighted by Gasteiger charge is 2.11. The van der Waals surface area contributed by atoms with Gasteiger partial charge < -0.3 is 5.11 Å². The lowest BCUT2D eigenvalue weighted by molar-refractivity contribution is 0.0955. The van der Waals surface area contributed by atoms with E-state index in [1.54, 1.807) is 6.21 Å². The first-order valence-corrected chi connectivity index (χ1v) is 7.80. The van der Waals surface area contributed by atoms with Gasteiger partial charge in [-0.3, -0.25) is 4.79 Å². The number of aryl methyl sites for hydroxylation is 1. The van der Waals surface area contributed by atoms with Gasteiger partial charge in [0.1, 0.15) is 5.75 Å². The molecular weight excluding hydrogens is 316 g/mol. The molecule has 0 aliphatic carbocycles. The average Bonchev–Trinajstić information content (AvgIpc) is 2.91. The van der Waals surface area contributed by atoms with E-state index < -0.39 is 0 Å². The molecule has 0 saturated heterocycles. The molecule has 0 atom stereocenters. The van der Waals surface area contributed by atoms with Crippen molar-refractivity contribution in [3.63, 3.8) is 0 Å². The summed E-state index contributed by atoms with van der Waals surface area (Å²) in [5.41, 5.74) is 6.49. The minimum absolute atomic E-state index is 0.111. The van der Waals surface area contributed by atoms with Crippen LogP contribution in [0, 0.1) is 13.8 Å². The van der Waals surface area contributed by atoms with Crippen LogP contribution in [0.4, 0.5) is 0 Å². The van der Waals surface area contributed by atoms with Crippen LogP contribution < -0.4 is 5.43 Å². The Labute approximate surface area is 145 Å². The van der Waals surface area contributed by atoms with Crippen molar-refractivity contribution in [2.24, 2.45) is 5.10 Å². The SMILES string of the molecule is Cc1nn(-c2ccccc2)c(C)c1/C=N/NC(=O)c1ccc(O)cc1. The quantitative estimate of drug-likeness (QED) is 0.569. The van der Waals surface area contributed by atoms with Crippen LogP contribution >= 0.6 is 0 Å². The molecule has 1 aromatic heterocycles. The van der Waals surface area contributed by atoms with E-state index in [-0.39, 0.29) is 11.7 Å². The van der Waals surface area contributed by atoms with Crippen LogP contribution in [0.1, 0.15) is 27.3 Å². The number of nitrogens with zero attached hydrogens (tertiary/aromatic N) is 3. The molecule has 0 radical (unpaired) electrons. The molecule has 1 amide bonds. The number of aromatic nitrogens is 2. The van der Waals surface area contributed by atoms with Crippen molar-refractivity contribution in [1.82, 2.24) is 15.2 Å². The van der Waals surface area contributed by atoms with Crippen LogP contribution in [0.25, 0.3) is 5.69 Å². The molecule has 3 rings (SSSR count). The summed E-state index contributed by atoms with van der Waals surface area (Å²) in [6.07, 6.45) is 1.59. The number of hydrogen-bond donors (Lipinski definition) is 2. The molecule has 0 aliphatic heterocycles. The van der Waals surface area contributed by atoms with Crippen LogP contribution in [-0.2, 0) is 0 Å². The zero-order valence-corrected chi connectivity index (χ0v) is 14.0. The molecular formula is C19H18N4O2. The molecule has 0 spiro atoms. The summed E-state index contributed by atoms with van der Waals surface area (Å²) in [6.45, 7) is 3.85. The molecule has 0 fully saturated rings. The van der Waals surface area contributed by atoms with E-state index in [4.69, 9.17) is 0 Å². The molecule has 0 unspecified atom stereocenters. The van der Waals surface area contributed by atoms with Gasteiger partial charge in [-0.2, -0.15) is 10.2 Å². The van der Waals surface area contributed by atoms with Gasteiger partial charge in [-0.15, -0.1) is 0 Å². The van der Waals surface area contributed by atoms with E-state index in [2.05, 4.69) is 15.6 Å². The number of hydrogen-bond acceptors (Lipinski definition) is 4. The van der Waals surface area contributed by atoms with Gasteiger partial charge in [-0.1, -0.05) is 18.2 Å². The lowest BCUT2D eigenvalue weighted by Gasteiger charge is -2.03. The highest BCUT2D eigenvalue weighted by molar-refractivity contribution is 5.95. The molecule has 1 heterocycles. The van der Waals surface area contributed by atoms with E-state index in [1.165, 1.54) is 24.3 Å². The molecule has 6 heteroatoms. The molecule has 126 valence electrons. The Hall–Kier alpha value is -3.41. The minimum atomic E-state index is -0.345. The standard InChI is InChI=1S/C19H18N4O2/c1-13-18(14(2)23(22-13)16-6-4-3-5-7-16)12-20-21-19(25)15-8-10-17(24)11-9-15/h3-12,24H,1-2H3,(H,21,25)/b20-12+. The molecule has 6 nitrogen and oxygen atoms in total. The van der Waals surface area contributed by atoms with Gasteiger partial charge in [-0.25, -0.2) is 10.1 Å². The Morgan fingerprint density at radius 1 is 1.12 bits per heavy atom. The van der Waals surface area contributed by atoms with Crippen LogP contribution in [-0.4, -0.2) is 27.0 Å². The summed E-state index contributed by atoms with van der Waals surface area (Å²) in [5.74, 6) is -0.235. The lowest BCUT2D eigenvalue weighted by atomic mass is 10.2. The fourth-order valence-electron chi connectivity index (χ4n) is 2.49. The lowest BCUT2D eigenvalue weighted by Crippen LogP contribution is -2.17. The Balaban J connectivity index is 1.77. The van der Waals surface area contributed by atoms with Crippen LogP contribution in [0.15, 0.2) is 59.7 Å². The summed E-state index contributed by atoms with van der Waals surface area (Å²) < 4.78 is 1.85. The Morgan fingerprint density at radius 2 is 1.80 bits per heavy atom. The van der Waals surface area contributed by atoms with Gasteiger partial charge in [0.2, 0.25) is 0 Å². The third-order valence-electron chi connectivity index (χ3n) is 3.84.